The van der Waals surface area contributed by atoms with Crippen LogP contribution in [-0.4, -0.2) is 17.6 Å². The van der Waals surface area contributed by atoms with Crippen LogP contribution in [0, 0.1) is 5.41 Å². The van der Waals surface area contributed by atoms with Gasteiger partial charge in [-0.1, -0.05) is 12.8 Å². The average Bonchev–Trinajstić information content (AvgIpc) is 2.33. The largest absolute Gasteiger partial charge is 0.396 e. The molecule has 0 heterocycles. The zero-order valence-electron chi connectivity index (χ0n) is 6.74. The summed E-state index contributed by atoms with van der Waals surface area (Å²) in [5, 5.41) is 8.87. The van der Waals surface area contributed by atoms with Crippen LogP contribution in [0.2, 0.25) is 0 Å². The second-order valence-electron chi connectivity index (χ2n) is 3.53. The molecule has 1 rings (SSSR count). The van der Waals surface area contributed by atoms with E-state index in [-0.39, 0.29) is 6.61 Å². The van der Waals surface area contributed by atoms with Crippen LogP contribution < -0.4 is 0 Å². The van der Waals surface area contributed by atoms with Crippen LogP contribution in [0.5, 0.6) is 0 Å². The fraction of sp³-hybridized carbons (Fsp3) is 1.00. The van der Waals surface area contributed by atoms with Gasteiger partial charge in [-0.05, 0) is 19.8 Å². The zero-order valence-corrected chi connectivity index (χ0v) is 6.74. The van der Waals surface area contributed by atoms with E-state index in [9.17, 15) is 8.78 Å². The Bertz CT molecular complexity index is 134. The minimum absolute atomic E-state index is 0.378. The predicted octanol–water partition coefficient (Wildman–Crippen LogP) is 2.19. The molecule has 0 aliphatic heterocycles. The first-order chi connectivity index (χ1) is 5.02. The maximum absolute atomic E-state index is 12.9. The molecule has 0 atom stereocenters. The van der Waals surface area contributed by atoms with E-state index in [2.05, 4.69) is 0 Å². The van der Waals surface area contributed by atoms with Crippen LogP contribution in [0.15, 0.2) is 0 Å². The van der Waals surface area contributed by atoms with E-state index >= 15 is 0 Å². The van der Waals surface area contributed by atoms with Crippen molar-refractivity contribution in [2.24, 2.45) is 5.41 Å². The Hall–Kier alpha value is -0.180. The van der Waals surface area contributed by atoms with Gasteiger partial charge in [0.05, 0.1) is 12.0 Å². The lowest BCUT2D eigenvalue weighted by molar-refractivity contribution is -0.126. The number of hydrogen-bond acceptors (Lipinski definition) is 1. The van der Waals surface area contributed by atoms with E-state index < -0.39 is 11.3 Å². The zero-order chi connectivity index (χ0) is 8.54. The van der Waals surface area contributed by atoms with Gasteiger partial charge < -0.3 is 5.11 Å². The fourth-order valence-corrected chi connectivity index (χ4v) is 1.79. The van der Waals surface area contributed by atoms with Gasteiger partial charge in [-0.15, -0.1) is 0 Å². The van der Waals surface area contributed by atoms with Crippen LogP contribution in [0.4, 0.5) is 8.78 Å². The van der Waals surface area contributed by atoms with Gasteiger partial charge >= 0.3 is 0 Å². The van der Waals surface area contributed by atoms with Gasteiger partial charge in [0.1, 0.15) is 0 Å². The van der Waals surface area contributed by atoms with Crippen LogP contribution in [0.1, 0.15) is 32.6 Å². The van der Waals surface area contributed by atoms with Crippen molar-refractivity contribution in [3.05, 3.63) is 0 Å². The van der Waals surface area contributed by atoms with Gasteiger partial charge in [-0.25, -0.2) is 8.78 Å². The highest BCUT2D eigenvalue weighted by molar-refractivity contribution is 4.93. The van der Waals surface area contributed by atoms with Crippen molar-refractivity contribution in [2.45, 2.75) is 38.5 Å². The lowest BCUT2D eigenvalue weighted by Gasteiger charge is -2.32. The molecule has 0 aromatic carbocycles. The third-order valence-electron chi connectivity index (χ3n) is 2.79. The number of aliphatic hydroxyl groups is 1. The van der Waals surface area contributed by atoms with Gasteiger partial charge in [-0.3, -0.25) is 0 Å². The quantitative estimate of drug-likeness (QED) is 0.663. The van der Waals surface area contributed by atoms with E-state index in [0.29, 0.717) is 12.8 Å². The van der Waals surface area contributed by atoms with Crippen molar-refractivity contribution in [3.8, 4) is 0 Å². The monoisotopic (exact) mass is 164 g/mol. The third kappa shape index (κ3) is 1.39. The summed E-state index contributed by atoms with van der Waals surface area (Å²) in [5.74, 6) is -2.72. The molecule has 66 valence electrons. The Kier molecular flexibility index (Phi) is 2.19. The van der Waals surface area contributed by atoms with Crippen LogP contribution in [0.25, 0.3) is 0 Å². The highest BCUT2D eigenvalue weighted by Crippen LogP contribution is 2.48. The van der Waals surface area contributed by atoms with Crippen molar-refractivity contribution < 1.29 is 13.9 Å². The SMILES string of the molecule is CC(F)(F)C1(CO)CCCC1. The number of rotatable bonds is 2. The minimum atomic E-state index is -2.72. The third-order valence-corrected chi connectivity index (χ3v) is 2.79. The first kappa shape index (κ1) is 8.91. The Morgan fingerprint density at radius 2 is 1.82 bits per heavy atom. The molecule has 0 aromatic heterocycles. The number of hydrogen-bond donors (Lipinski definition) is 1. The van der Waals surface area contributed by atoms with Crippen molar-refractivity contribution in [1.82, 2.24) is 0 Å². The molecule has 1 N–H and O–H groups in total. The van der Waals surface area contributed by atoms with E-state index in [1.54, 1.807) is 0 Å². The first-order valence-electron chi connectivity index (χ1n) is 4.00. The molecule has 0 amide bonds. The summed E-state index contributed by atoms with van der Waals surface area (Å²) in [4.78, 5) is 0. The van der Waals surface area contributed by atoms with Crippen molar-refractivity contribution in [2.75, 3.05) is 6.61 Å². The molecule has 3 heteroatoms. The van der Waals surface area contributed by atoms with Crippen LogP contribution >= 0.6 is 0 Å². The van der Waals surface area contributed by atoms with Crippen molar-refractivity contribution >= 4 is 0 Å². The van der Waals surface area contributed by atoms with Gasteiger partial charge in [0.2, 0.25) is 0 Å². The fourth-order valence-electron chi connectivity index (χ4n) is 1.79. The molecule has 1 aliphatic rings. The molecule has 0 bridgehead atoms. The molecule has 11 heavy (non-hydrogen) atoms. The minimum Gasteiger partial charge on any atom is -0.396 e. The lowest BCUT2D eigenvalue weighted by Crippen LogP contribution is -2.39. The lowest BCUT2D eigenvalue weighted by atomic mass is 9.81. The molecule has 1 aliphatic carbocycles. The summed E-state index contributed by atoms with van der Waals surface area (Å²) in [5.41, 5.74) is -1.10. The second-order valence-corrected chi connectivity index (χ2v) is 3.53. The summed E-state index contributed by atoms with van der Waals surface area (Å²) in [6.45, 7) is 0.533. The van der Waals surface area contributed by atoms with Crippen LogP contribution in [-0.2, 0) is 0 Å². The smallest absolute Gasteiger partial charge is 0.253 e. The number of alkyl halides is 2. The summed E-state index contributed by atoms with van der Waals surface area (Å²) in [6, 6.07) is 0. The highest BCUT2D eigenvalue weighted by atomic mass is 19.3. The standard InChI is InChI=1S/C8H14F2O/c1-7(9,10)8(6-11)4-2-3-5-8/h11H,2-6H2,1H3. The Morgan fingerprint density at radius 3 is 2.00 bits per heavy atom. The number of aliphatic hydroxyl groups excluding tert-OH is 1. The molecule has 1 saturated carbocycles. The van der Waals surface area contributed by atoms with E-state index in [1.165, 1.54) is 0 Å². The molecule has 0 spiro atoms. The molecule has 1 fully saturated rings. The Morgan fingerprint density at radius 1 is 1.36 bits per heavy atom. The van der Waals surface area contributed by atoms with Gasteiger partial charge in [0.15, 0.2) is 0 Å². The molecule has 1 nitrogen and oxygen atoms in total. The topological polar surface area (TPSA) is 20.2 Å². The van der Waals surface area contributed by atoms with Crippen molar-refractivity contribution in [3.63, 3.8) is 0 Å². The number of halogens is 2. The highest BCUT2D eigenvalue weighted by Gasteiger charge is 2.50. The maximum atomic E-state index is 12.9. The molecule has 0 unspecified atom stereocenters. The summed E-state index contributed by atoms with van der Waals surface area (Å²) >= 11 is 0. The molecule has 0 aromatic rings. The van der Waals surface area contributed by atoms with Gasteiger partial charge in [0.25, 0.3) is 5.92 Å². The Labute approximate surface area is 65.4 Å². The normalized spacial score (nSPS) is 24.0. The summed E-state index contributed by atoms with van der Waals surface area (Å²) in [6.07, 6.45) is 2.58. The summed E-state index contributed by atoms with van der Waals surface area (Å²) in [7, 11) is 0. The Balaban J connectivity index is 2.75. The van der Waals surface area contributed by atoms with Crippen molar-refractivity contribution in [1.29, 1.82) is 0 Å². The molecule has 0 saturated heterocycles. The van der Waals surface area contributed by atoms with Crippen LogP contribution in [0.3, 0.4) is 0 Å². The van der Waals surface area contributed by atoms with E-state index in [1.807, 2.05) is 0 Å². The van der Waals surface area contributed by atoms with Gasteiger partial charge in [0, 0.05) is 0 Å². The molecular formula is C8H14F2O. The van der Waals surface area contributed by atoms with E-state index in [4.69, 9.17) is 5.11 Å². The summed E-state index contributed by atoms with van der Waals surface area (Å²) < 4.78 is 25.8. The maximum Gasteiger partial charge on any atom is 0.253 e. The molecule has 0 radical (unpaired) electrons. The molecular weight excluding hydrogens is 150 g/mol. The van der Waals surface area contributed by atoms with Gasteiger partial charge in [-0.2, -0.15) is 0 Å². The predicted molar refractivity (Wildman–Crippen MR) is 38.6 cm³/mol. The first-order valence-corrected chi connectivity index (χ1v) is 4.00. The van der Waals surface area contributed by atoms with E-state index in [0.717, 1.165) is 19.8 Å². The average molecular weight is 164 g/mol. The second kappa shape index (κ2) is 2.70.